The van der Waals surface area contributed by atoms with E-state index in [0.717, 1.165) is 13.4 Å². The van der Waals surface area contributed by atoms with Gasteiger partial charge in [-0.2, -0.15) is 5.10 Å². The molecule has 32 heavy (non-hydrogen) atoms. The molecule has 168 valence electrons. The van der Waals surface area contributed by atoms with Crippen molar-refractivity contribution in [2.45, 2.75) is 13.8 Å². The molecule has 0 aliphatic rings. The summed E-state index contributed by atoms with van der Waals surface area (Å²) in [5.41, 5.74) is 3.76. The normalized spacial score (nSPS) is 11.0. The number of nitrogens with zero attached hydrogens (tertiary/aromatic N) is 1. The number of amides is 1. The second kappa shape index (κ2) is 11.3. The Morgan fingerprint density at radius 2 is 1.94 bits per heavy atom. The maximum atomic E-state index is 12.4. The Labute approximate surface area is 206 Å². The first-order chi connectivity index (χ1) is 15.4. The maximum Gasteiger partial charge on any atom is 0.344 e. The predicted octanol–water partition coefficient (Wildman–Crippen LogP) is 4.90. The molecule has 0 fully saturated rings. The third-order valence-electron chi connectivity index (χ3n) is 4.06. The SMILES string of the molecule is CCOC(=O)COc1ccc(/C=N\NC(=O)c2cc3cc(Br)cc(I)c3o2)cc1OCC. The molecule has 0 saturated heterocycles. The summed E-state index contributed by atoms with van der Waals surface area (Å²) < 4.78 is 23.4. The van der Waals surface area contributed by atoms with E-state index >= 15 is 0 Å². The molecule has 2 aromatic carbocycles. The van der Waals surface area contributed by atoms with Crippen molar-refractivity contribution >= 4 is 67.6 Å². The van der Waals surface area contributed by atoms with Gasteiger partial charge in [-0.25, -0.2) is 10.2 Å². The second-order valence-corrected chi connectivity index (χ2v) is 8.43. The monoisotopic (exact) mass is 614 g/mol. The van der Waals surface area contributed by atoms with E-state index in [0.29, 0.717) is 29.3 Å². The lowest BCUT2D eigenvalue weighted by atomic mass is 10.2. The fraction of sp³-hybridized carbons (Fsp3) is 0.227. The number of furan rings is 1. The molecule has 1 N–H and O–H groups in total. The van der Waals surface area contributed by atoms with Crippen molar-refractivity contribution in [3.05, 3.63) is 55.8 Å². The summed E-state index contributed by atoms with van der Waals surface area (Å²) in [6, 6.07) is 10.5. The van der Waals surface area contributed by atoms with Crippen LogP contribution in [0.5, 0.6) is 11.5 Å². The second-order valence-electron chi connectivity index (χ2n) is 6.35. The van der Waals surface area contributed by atoms with Gasteiger partial charge in [0.2, 0.25) is 0 Å². The third-order valence-corrected chi connectivity index (χ3v) is 5.32. The maximum absolute atomic E-state index is 12.4. The van der Waals surface area contributed by atoms with E-state index in [1.807, 2.05) is 19.1 Å². The molecule has 3 rings (SSSR count). The molecule has 0 radical (unpaired) electrons. The van der Waals surface area contributed by atoms with Crippen molar-refractivity contribution in [2.24, 2.45) is 5.10 Å². The number of rotatable bonds is 9. The summed E-state index contributed by atoms with van der Waals surface area (Å²) in [6.07, 6.45) is 1.47. The smallest absolute Gasteiger partial charge is 0.344 e. The van der Waals surface area contributed by atoms with E-state index < -0.39 is 11.9 Å². The minimum atomic E-state index is -0.469. The highest BCUT2D eigenvalue weighted by Crippen LogP contribution is 2.29. The molecular weight excluding hydrogens is 595 g/mol. The first-order valence-corrected chi connectivity index (χ1v) is 11.6. The van der Waals surface area contributed by atoms with E-state index in [1.165, 1.54) is 6.21 Å². The van der Waals surface area contributed by atoms with Gasteiger partial charge in [0.15, 0.2) is 23.9 Å². The molecule has 0 aliphatic heterocycles. The zero-order valence-corrected chi connectivity index (χ0v) is 21.1. The molecule has 1 heterocycles. The zero-order valence-electron chi connectivity index (χ0n) is 17.3. The average Bonchev–Trinajstić information content (AvgIpc) is 3.18. The van der Waals surface area contributed by atoms with Gasteiger partial charge in [0.05, 0.1) is 23.0 Å². The van der Waals surface area contributed by atoms with Crippen LogP contribution in [0.3, 0.4) is 0 Å². The van der Waals surface area contributed by atoms with Crippen molar-refractivity contribution in [2.75, 3.05) is 19.8 Å². The lowest BCUT2D eigenvalue weighted by Gasteiger charge is -2.12. The largest absolute Gasteiger partial charge is 0.490 e. The molecule has 0 bridgehead atoms. The van der Waals surface area contributed by atoms with Gasteiger partial charge >= 0.3 is 11.9 Å². The van der Waals surface area contributed by atoms with E-state index in [2.05, 4.69) is 49.0 Å². The number of fused-ring (bicyclic) bond motifs is 1. The Morgan fingerprint density at radius 3 is 2.69 bits per heavy atom. The van der Waals surface area contributed by atoms with Crippen LogP contribution in [0.15, 0.2) is 50.4 Å². The number of esters is 1. The third kappa shape index (κ3) is 6.22. The van der Waals surface area contributed by atoms with Crippen LogP contribution in [0.4, 0.5) is 0 Å². The summed E-state index contributed by atoms with van der Waals surface area (Å²) >= 11 is 5.58. The van der Waals surface area contributed by atoms with Crippen LogP contribution in [0.2, 0.25) is 0 Å². The van der Waals surface area contributed by atoms with Gasteiger partial charge in [-0.15, -0.1) is 0 Å². The molecule has 0 aliphatic carbocycles. The molecule has 0 unspecified atom stereocenters. The highest BCUT2D eigenvalue weighted by atomic mass is 127. The van der Waals surface area contributed by atoms with E-state index in [9.17, 15) is 9.59 Å². The first-order valence-electron chi connectivity index (χ1n) is 9.68. The Morgan fingerprint density at radius 1 is 1.12 bits per heavy atom. The molecule has 1 amide bonds. The van der Waals surface area contributed by atoms with Gasteiger partial charge in [-0.3, -0.25) is 4.79 Å². The lowest BCUT2D eigenvalue weighted by Crippen LogP contribution is -2.16. The molecule has 1 aromatic heterocycles. The van der Waals surface area contributed by atoms with Crippen molar-refractivity contribution in [3.63, 3.8) is 0 Å². The number of carbonyl (C=O) groups excluding carboxylic acids is 2. The standard InChI is InChI=1S/C22H20BrIN2O6/c1-3-29-18-7-13(5-6-17(18)31-12-20(27)30-4-2)11-25-26-22(28)19-9-14-8-15(23)10-16(24)21(14)32-19/h5-11H,3-4,12H2,1-2H3,(H,26,28)/b25-11-. The number of ether oxygens (including phenoxy) is 3. The number of benzene rings is 2. The molecule has 3 aromatic rings. The number of carbonyl (C=O) groups is 2. The number of nitrogens with one attached hydrogen (secondary N) is 1. The van der Waals surface area contributed by atoms with Gasteiger partial charge in [0, 0.05) is 9.86 Å². The number of halogens is 2. The fourth-order valence-electron chi connectivity index (χ4n) is 2.74. The van der Waals surface area contributed by atoms with Crippen LogP contribution in [0, 0.1) is 3.57 Å². The lowest BCUT2D eigenvalue weighted by molar-refractivity contribution is -0.145. The van der Waals surface area contributed by atoms with Crippen LogP contribution in [-0.4, -0.2) is 37.9 Å². The van der Waals surface area contributed by atoms with Gasteiger partial charge in [-0.05, 0) is 78.4 Å². The molecule has 0 saturated carbocycles. The molecule has 8 nitrogen and oxygen atoms in total. The predicted molar refractivity (Wildman–Crippen MR) is 131 cm³/mol. The van der Waals surface area contributed by atoms with E-state index in [1.54, 1.807) is 31.2 Å². The molecule has 0 atom stereocenters. The van der Waals surface area contributed by atoms with Gasteiger partial charge in [-0.1, -0.05) is 15.9 Å². The molecule has 0 spiro atoms. The van der Waals surface area contributed by atoms with Crippen LogP contribution in [0.25, 0.3) is 11.0 Å². The van der Waals surface area contributed by atoms with E-state index in [-0.39, 0.29) is 19.0 Å². The zero-order chi connectivity index (χ0) is 23.1. The van der Waals surface area contributed by atoms with Crippen molar-refractivity contribution in [1.29, 1.82) is 0 Å². The Hall–Kier alpha value is -2.60. The highest BCUT2D eigenvalue weighted by Gasteiger charge is 2.14. The number of hydrogen-bond acceptors (Lipinski definition) is 7. The first kappa shape index (κ1) is 24.1. The summed E-state index contributed by atoms with van der Waals surface area (Å²) in [7, 11) is 0. The van der Waals surface area contributed by atoms with Crippen molar-refractivity contribution in [1.82, 2.24) is 5.43 Å². The van der Waals surface area contributed by atoms with Gasteiger partial charge < -0.3 is 18.6 Å². The van der Waals surface area contributed by atoms with Crippen molar-refractivity contribution < 1.29 is 28.2 Å². The van der Waals surface area contributed by atoms with Gasteiger partial charge in [0.1, 0.15) is 5.58 Å². The van der Waals surface area contributed by atoms with Crippen LogP contribution < -0.4 is 14.9 Å². The Balaban J connectivity index is 1.67. The Bertz CT molecular complexity index is 1160. The highest BCUT2D eigenvalue weighted by molar-refractivity contribution is 14.1. The minimum Gasteiger partial charge on any atom is -0.490 e. The summed E-state index contributed by atoms with van der Waals surface area (Å²) in [6.45, 7) is 4.04. The minimum absolute atomic E-state index is 0.158. The average molecular weight is 615 g/mol. The van der Waals surface area contributed by atoms with Crippen LogP contribution in [-0.2, 0) is 9.53 Å². The molecule has 10 heteroatoms. The molecular formula is C22H20BrIN2O6. The fourth-order valence-corrected chi connectivity index (χ4v) is 4.40. The number of hydrogen-bond donors (Lipinski definition) is 1. The van der Waals surface area contributed by atoms with E-state index in [4.69, 9.17) is 18.6 Å². The Kier molecular flexibility index (Phi) is 8.51. The van der Waals surface area contributed by atoms with Crippen molar-refractivity contribution in [3.8, 4) is 11.5 Å². The quantitative estimate of drug-likeness (QED) is 0.159. The van der Waals surface area contributed by atoms with Gasteiger partial charge in [0.25, 0.3) is 0 Å². The van der Waals surface area contributed by atoms with Crippen LogP contribution in [0.1, 0.15) is 30.0 Å². The summed E-state index contributed by atoms with van der Waals surface area (Å²) in [5, 5.41) is 4.81. The summed E-state index contributed by atoms with van der Waals surface area (Å²) in [4.78, 5) is 23.9. The summed E-state index contributed by atoms with van der Waals surface area (Å²) in [5.74, 6) is 0.0826. The number of hydrazone groups is 1. The van der Waals surface area contributed by atoms with Crippen LogP contribution >= 0.6 is 38.5 Å². The topological polar surface area (TPSA) is 99.4 Å².